The van der Waals surface area contributed by atoms with Gasteiger partial charge >= 0.3 is 0 Å². The smallest absolute Gasteiger partial charge is 0.183 e. The van der Waals surface area contributed by atoms with E-state index in [0.29, 0.717) is 11.5 Å². The van der Waals surface area contributed by atoms with Crippen LogP contribution in [-0.4, -0.2) is 32.9 Å². The van der Waals surface area contributed by atoms with Crippen molar-refractivity contribution in [3.8, 4) is 28.5 Å². The third kappa shape index (κ3) is 4.49. The normalized spacial score (nSPS) is 10.5. The fourth-order valence-electron chi connectivity index (χ4n) is 2.66. The average Bonchev–Trinajstić information content (AvgIpc) is 3.16. The second-order valence-electron chi connectivity index (χ2n) is 5.75. The van der Waals surface area contributed by atoms with Crippen molar-refractivity contribution in [2.45, 2.75) is 6.42 Å². The number of methoxy groups -OCH3 is 3. The Morgan fingerprint density at radius 2 is 1.70 bits per heavy atom. The lowest BCUT2D eigenvalue weighted by Gasteiger charge is -2.09. The lowest BCUT2D eigenvalue weighted by molar-refractivity contribution is 0.354. The molecule has 0 fully saturated rings. The Bertz CT molecular complexity index is 914. The summed E-state index contributed by atoms with van der Waals surface area (Å²) in [5.41, 5.74) is 2.59. The highest BCUT2D eigenvalue weighted by Gasteiger charge is 2.09. The average molecular weight is 388 g/mol. The summed E-state index contributed by atoms with van der Waals surface area (Å²) < 4.78 is 29.4. The van der Waals surface area contributed by atoms with Gasteiger partial charge in [0.15, 0.2) is 28.2 Å². The van der Waals surface area contributed by atoms with Gasteiger partial charge in [0.05, 0.1) is 27.0 Å². The lowest BCUT2D eigenvalue weighted by Crippen LogP contribution is -2.05. The first-order chi connectivity index (χ1) is 13.1. The quantitative estimate of drug-likeness (QED) is 0.610. The molecule has 0 amide bonds. The first-order valence-corrected chi connectivity index (χ1v) is 9.26. The minimum Gasteiger partial charge on any atom is -0.494 e. The van der Waals surface area contributed by atoms with E-state index in [9.17, 15) is 4.39 Å². The molecule has 1 aromatic heterocycles. The molecule has 0 radical (unpaired) electrons. The fraction of sp³-hybridized carbons (Fsp3) is 0.250. The summed E-state index contributed by atoms with van der Waals surface area (Å²) in [7, 11) is 4.69. The van der Waals surface area contributed by atoms with Crippen molar-refractivity contribution in [3.05, 3.63) is 53.2 Å². The third-order valence-electron chi connectivity index (χ3n) is 4.09. The van der Waals surface area contributed by atoms with Crippen LogP contribution in [0.2, 0.25) is 0 Å². The van der Waals surface area contributed by atoms with Gasteiger partial charge in [0.2, 0.25) is 0 Å². The van der Waals surface area contributed by atoms with Gasteiger partial charge in [-0.3, -0.25) is 0 Å². The summed E-state index contributed by atoms with van der Waals surface area (Å²) in [6.07, 6.45) is 0.812. The summed E-state index contributed by atoms with van der Waals surface area (Å²) in [6, 6.07) is 10.7. The van der Waals surface area contributed by atoms with Crippen LogP contribution >= 0.6 is 11.3 Å². The largest absolute Gasteiger partial charge is 0.494 e. The lowest BCUT2D eigenvalue weighted by atomic mass is 10.1. The number of halogens is 1. The zero-order valence-electron chi connectivity index (χ0n) is 15.4. The summed E-state index contributed by atoms with van der Waals surface area (Å²) in [5.74, 6) is 1.26. The number of benzene rings is 2. The summed E-state index contributed by atoms with van der Waals surface area (Å²) in [5, 5.41) is 6.00. The molecule has 0 bridgehead atoms. The van der Waals surface area contributed by atoms with Gasteiger partial charge in [-0.2, -0.15) is 0 Å². The fourth-order valence-corrected chi connectivity index (χ4v) is 3.41. The summed E-state index contributed by atoms with van der Waals surface area (Å²) in [6.45, 7) is 0.722. The Kier molecular flexibility index (Phi) is 6.13. The van der Waals surface area contributed by atoms with Gasteiger partial charge in [-0.05, 0) is 42.3 Å². The maximum atomic E-state index is 13.9. The van der Waals surface area contributed by atoms with Crippen molar-refractivity contribution in [2.24, 2.45) is 0 Å². The molecule has 0 aliphatic heterocycles. The highest BCUT2D eigenvalue weighted by molar-refractivity contribution is 7.14. The predicted molar refractivity (Wildman–Crippen MR) is 106 cm³/mol. The van der Waals surface area contributed by atoms with Gasteiger partial charge in [-0.15, -0.1) is 11.3 Å². The Labute approximate surface area is 161 Å². The van der Waals surface area contributed by atoms with Crippen LogP contribution in [-0.2, 0) is 6.42 Å². The van der Waals surface area contributed by atoms with Crippen LogP contribution in [0.4, 0.5) is 9.52 Å². The zero-order valence-corrected chi connectivity index (χ0v) is 16.2. The van der Waals surface area contributed by atoms with Gasteiger partial charge < -0.3 is 19.5 Å². The van der Waals surface area contributed by atoms with Gasteiger partial charge in [0.1, 0.15) is 0 Å². The maximum Gasteiger partial charge on any atom is 0.183 e. The number of hydrogen-bond donors (Lipinski definition) is 1. The number of nitrogens with zero attached hydrogens (tertiary/aromatic N) is 1. The number of nitrogens with one attached hydrogen (secondary N) is 1. The Morgan fingerprint density at radius 3 is 2.41 bits per heavy atom. The molecule has 27 heavy (non-hydrogen) atoms. The molecule has 3 aromatic rings. The van der Waals surface area contributed by atoms with Crippen molar-refractivity contribution in [1.82, 2.24) is 4.98 Å². The SMILES string of the molecule is COc1ccc(-c2csc(NCCc3ccc(OC)c(OC)c3)n2)cc1F. The second kappa shape index (κ2) is 8.73. The Hall–Kier alpha value is -2.80. The van der Waals surface area contributed by atoms with Crippen LogP contribution in [0.5, 0.6) is 17.2 Å². The molecule has 5 nitrogen and oxygen atoms in total. The molecule has 2 aromatic carbocycles. The highest BCUT2D eigenvalue weighted by Crippen LogP contribution is 2.29. The van der Waals surface area contributed by atoms with Gasteiger partial charge in [0, 0.05) is 17.5 Å². The molecule has 1 N–H and O–H groups in total. The zero-order chi connectivity index (χ0) is 19.2. The molecule has 7 heteroatoms. The van der Waals surface area contributed by atoms with Gasteiger partial charge in [-0.25, -0.2) is 9.37 Å². The van der Waals surface area contributed by atoms with Crippen LogP contribution in [0.25, 0.3) is 11.3 Å². The van der Waals surface area contributed by atoms with E-state index in [1.807, 2.05) is 23.6 Å². The molecule has 0 unspecified atom stereocenters. The Morgan fingerprint density at radius 1 is 0.963 bits per heavy atom. The van der Waals surface area contributed by atoms with Crippen LogP contribution in [0.15, 0.2) is 41.8 Å². The van der Waals surface area contributed by atoms with Crippen molar-refractivity contribution in [1.29, 1.82) is 0 Å². The monoisotopic (exact) mass is 388 g/mol. The number of ether oxygens (including phenoxy) is 3. The first-order valence-electron chi connectivity index (χ1n) is 8.38. The van der Waals surface area contributed by atoms with E-state index in [-0.39, 0.29) is 5.75 Å². The van der Waals surface area contributed by atoms with Crippen LogP contribution in [0.1, 0.15) is 5.56 Å². The molecule has 3 rings (SSSR count). The molecule has 0 spiro atoms. The van der Waals surface area contributed by atoms with Gasteiger partial charge in [0.25, 0.3) is 0 Å². The van der Waals surface area contributed by atoms with E-state index in [4.69, 9.17) is 14.2 Å². The minimum absolute atomic E-state index is 0.224. The van der Waals surface area contributed by atoms with E-state index < -0.39 is 5.82 Å². The molecule has 0 aliphatic rings. The van der Waals surface area contributed by atoms with E-state index in [1.165, 1.54) is 24.5 Å². The molecule has 0 atom stereocenters. The number of thiazole rings is 1. The van der Waals surface area contributed by atoms with Crippen LogP contribution in [0.3, 0.4) is 0 Å². The Balaban J connectivity index is 1.61. The van der Waals surface area contributed by atoms with Crippen molar-refractivity contribution in [2.75, 3.05) is 33.2 Å². The molecule has 0 aliphatic carbocycles. The van der Waals surface area contributed by atoms with E-state index in [0.717, 1.165) is 34.9 Å². The second-order valence-corrected chi connectivity index (χ2v) is 6.61. The number of anilines is 1. The van der Waals surface area contributed by atoms with E-state index >= 15 is 0 Å². The van der Waals surface area contributed by atoms with E-state index in [1.54, 1.807) is 26.4 Å². The third-order valence-corrected chi connectivity index (χ3v) is 4.89. The molecule has 142 valence electrons. The van der Waals surface area contributed by atoms with Crippen LogP contribution < -0.4 is 19.5 Å². The molecular weight excluding hydrogens is 367 g/mol. The van der Waals surface area contributed by atoms with Crippen LogP contribution in [0, 0.1) is 5.82 Å². The minimum atomic E-state index is -0.397. The van der Waals surface area contributed by atoms with Crippen molar-refractivity contribution >= 4 is 16.5 Å². The molecule has 1 heterocycles. The van der Waals surface area contributed by atoms with Gasteiger partial charge in [-0.1, -0.05) is 6.07 Å². The van der Waals surface area contributed by atoms with Crippen molar-refractivity contribution < 1.29 is 18.6 Å². The number of hydrogen-bond acceptors (Lipinski definition) is 6. The van der Waals surface area contributed by atoms with E-state index in [2.05, 4.69) is 10.3 Å². The number of aromatic nitrogens is 1. The predicted octanol–water partition coefficient (Wildman–Crippen LogP) is 4.63. The maximum absolute atomic E-state index is 13.9. The topological polar surface area (TPSA) is 52.6 Å². The number of rotatable bonds is 8. The molecule has 0 saturated heterocycles. The standard InChI is InChI=1S/C20H21FN2O3S/c1-24-17-7-5-14(11-15(17)21)16-12-27-20(23-16)22-9-8-13-4-6-18(25-2)19(10-13)26-3/h4-7,10-12H,8-9H2,1-3H3,(H,22,23). The summed E-state index contributed by atoms with van der Waals surface area (Å²) >= 11 is 1.49. The highest BCUT2D eigenvalue weighted by atomic mass is 32.1. The van der Waals surface area contributed by atoms with Crippen molar-refractivity contribution in [3.63, 3.8) is 0 Å². The molecule has 0 saturated carbocycles. The first kappa shape index (κ1) is 19.0. The summed E-state index contributed by atoms with van der Waals surface area (Å²) in [4.78, 5) is 4.52. The molecular formula is C20H21FN2O3S.